The Morgan fingerprint density at radius 3 is 2.08 bits per heavy atom. The summed E-state index contributed by atoms with van der Waals surface area (Å²) in [4.78, 5) is 27.2. The highest BCUT2D eigenvalue weighted by Gasteiger charge is 2.31. The average molecular weight is 504 g/mol. The summed E-state index contributed by atoms with van der Waals surface area (Å²) in [6.07, 6.45) is -0.126. The van der Waals surface area contributed by atoms with Crippen LogP contribution in [0.5, 0.6) is 0 Å². The van der Waals surface area contributed by atoms with E-state index in [4.69, 9.17) is 4.74 Å². The average Bonchev–Trinajstić information content (AvgIpc) is 3.21. The van der Waals surface area contributed by atoms with Gasteiger partial charge in [0.15, 0.2) is 5.78 Å². The molecule has 1 amide bonds. The van der Waals surface area contributed by atoms with E-state index in [2.05, 4.69) is 29.6 Å². The van der Waals surface area contributed by atoms with Crippen molar-refractivity contribution in [3.8, 4) is 11.1 Å². The molecule has 0 heterocycles. The summed E-state index contributed by atoms with van der Waals surface area (Å²) in [5.41, 5.74) is 4.60. The number of amides is 1. The smallest absolute Gasteiger partial charge is 0.407 e. The van der Waals surface area contributed by atoms with Crippen LogP contribution in [0.1, 0.15) is 37.3 Å². The molecule has 6 heteroatoms. The first kappa shape index (κ1) is 26.0. The Bertz CT molecular complexity index is 1130. The number of fused-ring (bicyclic) bond motifs is 3. The summed E-state index contributed by atoms with van der Waals surface area (Å²) in [5, 5.41) is 12.7. The fourth-order valence-electron chi connectivity index (χ4n) is 4.72. The third-order valence-electron chi connectivity index (χ3n) is 6.50. The molecule has 3 aromatic carbocycles. The molecule has 0 spiro atoms. The summed E-state index contributed by atoms with van der Waals surface area (Å²) in [5.74, 6) is -0.153. The molecule has 36 heavy (non-hydrogen) atoms. The van der Waals surface area contributed by atoms with Crippen LogP contribution in [0, 0.1) is 11.8 Å². The highest BCUT2D eigenvalue weighted by molar-refractivity contribution is 7.99. The molecule has 0 radical (unpaired) electrons. The minimum Gasteiger partial charge on any atom is -0.449 e. The largest absolute Gasteiger partial charge is 0.449 e. The number of ether oxygens (including phenoxy) is 1. The van der Waals surface area contributed by atoms with Crippen molar-refractivity contribution in [3.63, 3.8) is 0 Å². The van der Waals surface area contributed by atoms with E-state index in [-0.39, 0.29) is 30.8 Å². The van der Waals surface area contributed by atoms with Crippen LogP contribution in [0.25, 0.3) is 11.1 Å². The second-order valence-corrected chi connectivity index (χ2v) is 10.7. The number of ketones is 1. The fourth-order valence-corrected chi connectivity index (χ4v) is 5.74. The lowest BCUT2D eigenvalue weighted by molar-refractivity contribution is -0.125. The molecule has 3 aromatic rings. The number of nitrogens with one attached hydrogen (secondary N) is 1. The van der Waals surface area contributed by atoms with Gasteiger partial charge in [0.25, 0.3) is 0 Å². The van der Waals surface area contributed by atoms with Gasteiger partial charge < -0.3 is 15.2 Å². The first-order valence-corrected chi connectivity index (χ1v) is 13.4. The Morgan fingerprint density at radius 1 is 0.917 bits per heavy atom. The normalized spacial score (nSPS) is 14.1. The summed E-state index contributed by atoms with van der Waals surface area (Å²) in [7, 11) is 0. The quantitative estimate of drug-likeness (QED) is 0.318. The van der Waals surface area contributed by atoms with Crippen LogP contribution < -0.4 is 5.32 Å². The zero-order valence-electron chi connectivity index (χ0n) is 20.7. The van der Waals surface area contributed by atoms with Crippen molar-refractivity contribution >= 4 is 23.6 Å². The van der Waals surface area contributed by atoms with Gasteiger partial charge in [-0.3, -0.25) is 4.79 Å². The number of Topliss-reactive ketones (excluding diaryl/α,β-unsaturated/α-hetero) is 1. The molecule has 1 aliphatic carbocycles. The lowest BCUT2D eigenvalue weighted by Gasteiger charge is -2.24. The third kappa shape index (κ3) is 6.18. The minimum absolute atomic E-state index is 0.0464. The molecule has 0 aliphatic heterocycles. The Morgan fingerprint density at radius 2 is 1.50 bits per heavy atom. The number of benzene rings is 3. The van der Waals surface area contributed by atoms with Gasteiger partial charge in [-0.15, -0.1) is 11.8 Å². The van der Waals surface area contributed by atoms with Crippen molar-refractivity contribution in [1.29, 1.82) is 0 Å². The van der Waals surface area contributed by atoms with Crippen LogP contribution in [0.4, 0.5) is 4.79 Å². The highest BCUT2D eigenvalue weighted by Crippen LogP contribution is 2.44. The number of hydrogen-bond acceptors (Lipinski definition) is 5. The monoisotopic (exact) mass is 503 g/mol. The molecule has 1 aliphatic rings. The van der Waals surface area contributed by atoms with Gasteiger partial charge in [-0.05, 0) is 46.7 Å². The molecule has 0 saturated carbocycles. The molecule has 2 atom stereocenters. The van der Waals surface area contributed by atoms with Gasteiger partial charge in [0, 0.05) is 16.6 Å². The van der Waals surface area contributed by atoms with E-state index in [1.807, 2.05) is 68.4 Å². The minimum atomic E-state index is -0.714. The topological polar surface area (TPSA) is 75.6 Å². The van der Waals surface area contributed by atoms with Gasteiger partial charge in [0.2, 0.25) is 0 Å². The van der Waals surface area contributed by atoms with Crippen molar-refractivity contribution in [2.45, 2.75) is 37.1 Å². The molecule has 0 saturated heterocycles. The van der Waals surface area contributed by atoms with Crippen LogP contribution in [0.2, 0.25) is 0 Å². The van der Waals surface area contributed by atoms with Gasteiger partial charge in [-0.2, -0.15) is 0 Å². The van der Waals surface area contributed by atoms with Gasteiger partial charge in [0.1, 0.15) is 6.61 Å². The first-order chi connectivity index (χ1) is 17.5. The van der Waals surface area contributed by atoms with E-state index < -0.39 is 18.1 Å². The maximum Gasteiger partial charge on any atom is 0.407 e. The summed E-state index contributed by atoms with van der Waals surface area (Å²) in [6, 6.07) is 25.4. The zero-order valence-corrected chi connectivity index (χ0v) is 21.5. The molecule has 188 valence electrons. The van der Waals surface area contributed by atoms with E-state index in [9.17, 15) is 14.7 Å². The Kier molecular flexibility index (Phi) is 8.83. The number of carbonyl (C=O) groups is 2. The Labute approximate surface area is 217 Å². The van der Waals surface area contributed by atoms with Gasteiger partial charge in [0.05, 0.1) is 18.6 Å². The predicted octanol–water partition coefficient (Wildman–Crippen LogP) is 5.91. The molecular formula is C30H33NO4S. The lowest BCUT2D eigenvalue weighted by Crippen LogP contribution is -2.46. The summed E-state index contributed by atoms with van der Waals surface area (Å²) >= 11 is 1.53. The molecule has 0 fully saturated rings. The van der Waals surface area contributed by atoms with Crippen LogP contribution >= 0.6 is 11.8 Å². The number of alkyl carbamates (subject to hydrolysis) is 1. The van der Waals surface area contributed by atoms with Gasteiger partial charge in [-0.1, -0.05) is 80.6 Å². The van der Waals surface area contributed by atoms with Gasteiger partial charge in [-0.25, -0.2) is 4.79 Å². The van der Waals surface area contributed by atoms with Crippen molar-refractivity contribution < 1.29 is 19.4 Å². The predicted molar refractivity (Wildman–Crippen MR) is 144 cm³/mol. The number of aliphatic hydroxyl groups excluding tert-OH is 1. The molecule has 2 unspecified atom stereocenters. The maximum absolute atomic E-state index is 13.3. The van der Waals surface area contributed by atoms with Gasteiger partial charge >= 0.3 is 6.09 Å². The van der Waals surface area contributed by atoms with E-state index in [0.29, 0.717) is 12.2 Å². The van der Waals surface area contributed by atoms with Crippen LogP contribution in [-0.2, 0) is 9.53 Å². The summed E-state index contributed by atoms with van der Waals surface area (Å²) in [6.45, 7) is 3.94. The maximum atomic E-state index is 13.3. The Balaban J connectivity index is 1.40. The molecule has 0 aromatic heterocycles. The third-order valence-corrected chi connectivity index (χ3v) is 7.68. The van der Waals surface area contributed by atoms with Crippen molar-refractivity contribution in [2.24, 2.45) is 11.8 Å². The standard InChI is InChI=1S/C30H33NO4S/c1-20(2)16-28(29(33)21(17-32)19-36-22-10-4-3-5-11-22)31-30(34)35-18-27-25-14-8-6-12-23(25)24-13-7-9-15-26(24)27/h3-15,20-21,27-28,32H,16-19H2,1-2H3,(H,31,34). The van der Waals surface area contributed by atoms with Crippen LogP contribution in [-0.4, -0.2) is 42.0 Å². The van der Waals surface area contributed by atoms with Crippen LogP contribution in [0.15, 0.2) is 83.8 Å². The van der Waals surface area contributed by atoms with E-state index >= 15 is 0 Å². The van der Waals surface area contributed by atoms with Crippen molar-refractivity contribution in [1.82, 2.24) is 5.32 Å². The van der Waals surface area contributed by atoms with Crippen molar-refractivity contribution in [2.75, 3.05) is 19.0 Å². The second-order valence-electron chi connectivity index (χ2n) is 9.56. The van der Waals surface area contributed by atoms with E-state index in [1.165, 1.54) is 11.8 Å². The van der Waals surface area contributed by atoms with E-state index in [0.717, 1.165) is 27.1 Å². The number of thioether (sulfide) groups is 1. The molecular weight excluding hydrogens is 470 g/mol. The number of hydrogen-bond donors (Lipinski definition) is 2. The van der Waals surface area contributed by atoms with E-state index in [1.54, 1.807) is 0 Å². The molecule has 5 nitrogen and oxygen atoms in total. The molecule has 2 N–H and O–H groups in total. The fraction of sp³-hybridized carbons (Fsp3) is 0.333. The second kappa shape index (κ2) is 12.2. The summed E-state index contributed by atoms with van der Waals surface area (Å²) < 4.78 is 5.67. The van der Waals surface area contributed by atoms with Crippen LogP contribution in [0.3, 0.4) is 0 Å². The molecule has 4 rings (SSSR count). The highest BCUT2D eigenvalue weighted by atomic mass is 32.2. The molecule has 0 bridgehead atoms. The Hall–Kier alpha value is -3.09. The first-order valence-electron chi connectivity index (χ1n) is 12.4. The number of aliphatic hydroxyl groups is 1. The number of rotatable bonds is 11. The lowest BCUT2D eigenvalue weighted by atomic mass is 9.93. The van der Waals surface area contributed by atoms with Crippen molar-refractivity contribution in [3.05, 3.63) is 90.0 Å². The number of carbonyl (C=O) groups excluding carboxylic acids is 2. The zero-order chi connectivity index (χ0) is 25.5. The SMILES string of the molecule is CC(C)CC(NC(=O)OCC1c2ccccc2-c2ccccc21)C(=O)C(CO)CSc1ccccc1.